The summed E-state index contributed by atoms with van der Waals surface area (Å²) < 4.78 is 82.1. The predicted molar refractivity (Wildman–Crippen MR) is 134 cm³/mol. The molecule has 0 spiro atoms. The minimum absolute atomic E-state index is 0.0255. The van der Waals surface area contributed by atoms with Gasteiger partial charge >= 0.3 is 12.4 Å². The minimum atomic E-state index is -5.11. The van der Waals surface area contributed by atoms with Crippen LogP contribution >= 0.6 is 0 Å². The number of hydrogen-bond donors (Lipinski definition) is 0. The SMILES string of the molecule is CCC(c1nc2ccccc2c(=O)n1-c1ccccc1)N(CC)C(=O)c1cc(C(F)(F)F)cc(C(F)(F)F)c1. The molecule has 3 aromatic carbocycles. The van der Waals surface area contributed by atoms with Gasteiger partial charge in [0.05, 0.1) is 33.8 Å². The Balaban J connectivity index is 1.92. The fraction of sp³-hybridized carbons (Fsp3) is 0.250. The van der Waals surface area contributed by atoms with Crippen molar-refractivity contribution in [1.82, 2.24) is 14.5 Å². The molecule has 0 aliphatic carbocycles. The van der Waals surface area contributed by atoms with Crippen LogP contribution in [0.3, 0.4) is 0 Å². The van der Waals surface area contributed by atoms with E-state index in [1.807, 2.05) is 0 Å². The number of fused-ring (bicyclic) bond motifs is 1. The Bertz CT molecular complexity index is 1530. The van der Waals surface area contributed by atoms with Crippen LogP contribution in [0.5, 0.6) is 0 Å². The average molecular weight is 547 g/mol. The third-order valence-corrected chi connectivity index (χ3v) is 6.31. The molecule has 1 unspecified atom stereocenters. The quantitative estimate of drug-likeness (QED) is 0.244. The molecule has 1 atom stereocenters. The first-order valence-corrected chi connectivity index (χ1v) is 12.0. The van der Waals surface area contributed by atoms with Gasteiger partial charge in [-0.1, -0.05) is 37.3 Å². The van der Waals surface area contributed by atoms with Gasteiger partial charge in [-0.3, -0.25) is 14.2 Å². The van der Waals surface area contributed by atoms with Crippen LogP contribution in [0.2, 0.25) is 0 Å². The number of carbonyl (C=O) groups excluding carboxylic acids is 1. The number of amides is 1. The van der Waals surface area contributed by atoms with E-state index in [1.54, 1.807) is 68.4 Å². The Morgan fingerprint density at radius 2 is 1.44 bits per heavy atom. The zero-order chi connectivity index (χ0) is 28.5. The first-order chi connectivity index (χ1) is 18.4. The number of alkyl halides is 6. The van der Waals surface area contributed by atoms with E-state index in [4.69, 9.17) is 0 Å². The van der Waals surface area contributed by atoms with Crippen molar-refractivity contribution in [3.63, 3.8) is 0 Å². The highest BCUT2D eigenvalue weighted by molar-refractivity contribution is 5.95. The van der Waals surface area contributed by atoms with Crippen molar-refractivity contribution in [2.45, 2.75) is 38.7 Å². The lowest BCUT2D eigenvalue weighted by atomic mass is 10.0. The highest BCUT2D eigenvalue weighted by atomic mass is 19.4. The van der Waals surface area contributed by atoms with E-state index in [0.29, 0.717) is 28.7 Å². The Kier molecular flexibility index (Phi) is 7.54. The van der Waals surface area contributed by atoms with Gasteiger partial charge in [-0.2, -0.15) is 26.3 Å². The summed E-state index contributed by atoms with van der Waals surface area (Å²) in [6.07, 6.45) is -10.0. The van der Waals surface area contributed by atoms with E-state index in [-0.39, 0.29) is 24.9 Å². The molecule has 0 aliphatic heterocycles. The molecule has 0 bridgehead atoms. The van der Waals surface area contributed by atoms with Gasteiger partial charge in [-0.15, -0.1) is 0 Å². The van der Waals surface area contributed by atoms with Crippen molar-refractivity contribution in [2.75, 3.05) is 6.54 Å². The van der Waals surface area contributed by atoms with E-state index < -0.39 is 46.6 Å². The Hall–Kier alpha value is -4.15. The third-order valence-electron chi connectivity index (χ3n) is 6.31. The molecular formula is C28H23F6N3O2. The number of nitrogens with zero attached hydrogens (tertiary/aromatic N) is 3. The van der Waals surface area contributed by atoms with Crippen molar-refractivity contribution in [3.8, 4) is 5.69 Å². The molecule has 5 nitrogen and oxygen atoms in total. The number of halogens is 6. The van der Waals surface area contributed by atoms with Crippen LogP contribution in [0.1, 0.15) is 53.6 Å². The lowest BCUT2D eigenvalue weighted by molar-refractivity contribution is -0.143. The number of rotatable bonds is 6. The molecule has 4 rings (SSSR count). The first kappa shape index (κ1) is 27.9. The maximum absolute atomic E-state index is 13.6. The number of carbonyl (C=O) groups is 1. The summed E-state index contributed by atoms with van der Waals surface area (Å²) in [5.74, 6) is -0.923. The second kappa shape index (κ2) is 10.5. The standard InChI is InChI=1S/C28H23F6N3O2/c1-3-23(24-35-22-13-9-8-12-21(22)26(39)37(24)20-10-6-5-7-11-20)36(4-2)25(38)17-14-18(27(29,30)31)16-19(15-17)28(32,33)34/h5-16,23H,3-4H2,1-2H3. The summed E-state index contributed by atoms with van der Waals surface area (Å²) in [5.41, 5.74) is -3.60. The van der Waals surface area contributed by atoms with Gasteiger partial charge in [0.2, 0.25) is 0 Å². The van der Waals surface area contributed by atoms with Gasteiger partial charge in [-0.25, -0.2) is 4.98 Å². The molecule has 39 heavy (non-hydrogen) atoms. The largest absolute Gasteiger partial charge is 0.416 e. The van der Waals surface area contributed by atoms with Gasteiger partial charge in [0.15, 0.2) is 0 Å². The van der Waals surface area contributed by atoms with Crippen LogP contribution in [-0.4, -0.2) is 26.9 Å². The molecule has 1 heterocycles. The van der Waals surface area contributed by atoms with Crippen LogP contribution in [0, 0.1) is 0 Å². The van der Waals surface area contributed by atoms with E-state index in [0.717, 1.165) is 4.90 Å². The van der Waals surface area contributed by atoms with Crippen LogP contribution < -0.4 is 5.56 Å². The molecule has 0 saturated heterocycles. The van der Waals surface area contributed by atoms with Gasteiger partial charge in [0, 0.05) is 12.1 Å². The number of benzene rings is 3. The second-order valence-corrected chi connectivity index (χ2v) is 8.77. The molecule has 204 valence electrons. The van der Waals surface area contributed by atoms with Crippen LogP contribution in [0.4, 0.5) is 26.3 Å². The summed E-state index contributed by atoms with van der Waals surface area (Å²) in [5, 5.41) is 0.307. The average Bonchev–Trinajstić information content (AvgIpc) is 2.90. The molecule has 4 aromatic rings. The monoisotopic (exact) mass is 547 g/mol. The maximum atomic E-state index is 13.6. The van der Waals surface area contributed by atoms with Crippen molar-refractivity contribution >= 4 is 16.8 Å². The van der Waals surface area contributed by atoms with Crippen molar-refractivity contribution in [2.24, 2.45) is 0 Å². The number of para-hydroxylation sites is 2. The molecule has 0 radical (unpaired) electrons. The minimum Gasteiger partial charge on any atom is -0.329 e. The van der Waals surface area contributed by atoms with Crippen molar-refractivity contribution in [1.29, 1.82) is 0 Å². The predicted octanol–water partition coefficient (Wildman–Crippen LogP) is 7.04. The molecule has 1 amide bonds. The fourth-order valence-electron chi connectivity index (χ4n) is 4.49. The normalized spacial score (nSPS) is 12.9. The number of hydrogen-bond acceptors (Lipinski definition) is 3. The highest BCUT2D eigenvalue weighted by Gasteiger charge is 2.38. The Morgan fingerprint density at radius 1 is 0.872 bits per heavy atom. The summed E-state index contributed by atoms with van der Waals surface area (Å²) in [4.78, 5) is 33.0. The smallest absolute Gasteiger partial charge is 0.329 e. The lowest BCUT2D eigenvalue weighted by Gasteiger charge is -2.32. The Labute approximate surface area is 219 Å². The molecule has 11 heteroatoms. The second-order valence-electron chi connectivity index (χ2n) is 8.77. The van der Waals surface area contributed by atoms with Crippen molar-refractivity contribution < 1.29 is 31.1 Å². The first-order valence-electron chi connectivity index (χ1n) is 12.0. The fourth-order valence-corrected chi connectivity index (χ4v) is 4.49. The molecule has 1 aromatic heterocycles. The molecule has 0 aliphatic rings. The zero-order valence-corrected chi connectivity index (χ0v) is 20.8. The molecule has 0 saturated carbocycles. The molecular weight excluding hydrogens is 524 g/mol. The number of aromatic nitrogens is 2. The van der Waals surface area contributed by atoms with Gasteiger partial charge in [-0.05, 0) is 55.8 Å². The van der Waals surface area contributed by atoms with Gasteiger partial charge in [0.25, 0.3) is 11.5 Å². The van der Waals surface area contributed by atoms with Gasteiger partial charge < -0.3 is 4.90 Å². The summed E-state index contributed by atoms with van der Waals surface area (Å²) in [7, 11) is 0. The van der Waals surface area contributed by atoms with E-state index in [2.05, 4.69) is 4.98 Å². The summed E-state index contributed by atoms with van der Waals surface area (Å²) in [6.45, 7) is 3.15. The third kappa shape index (κ3) is 5.52. The zero-order valence-electron chi connectivity index (χ0n) is 20.8. The van der Waals surface area contributed by atoms with E-state index in [1.165, 1.54) is 4.57 Å². The summed E-state index contributed by atoms with van der Waals surface area (Å²) >= 11 is 0. The topological polar surface area (TPSA) is 55.2 Å². The van der Waals surface area contributed by atoms with E-state index in [9.17, 15) is 35.9 Å². The van der Waals surface area contributed by atoms with Gasteiger partial charge in [0.1, 0.15) is 5.82 Å². The van der Waals surface area contributed by atoms with Crippen LogP contribution in [0.15, 0.2) is 77.6 Å². The maximum Gasteiger partial charge on any atom is 0.416 e. The molecule has 0 fully saturated rings. The lowest BCUT2D eigenvalue weighted by Crippen LogP contribution is -2.38. The Morgan fingerprint density at radius 3 is 1.97 bits per heavy atom. The van der Waals surface area contributed by atoms with Crippen molar-refractivity contribution in [3.05, 3.63) is 106 Å². The summed E-state index contributed by atoms with van der Waals surface area (Å²) in [6, 6.07) is 14.9. The molecule has 0 N–H and O–H groups in total. The van der Waals surface area contributed by atoms with E-state index >= 15 is 0 Å². The highest BCUT2D eigenvalue weighted by Crippen LogP contribution is 2.37. The van der Waals surface area contributed by atoms with Crippen LogP contribution in [-0.2, 0) is 12.4 Å². The van der Waals surface area contributed by atoms with Crippen LogP contribution in [0.25, 0.3) is 16.6 Å².